The van der Waals surface area contributed by atoms with E-state index < -0.39 is 5.97 Å². The molecule has 1 aliphatic rings. The van der Waals surface area contributed by atoms with Gasteiger partial charge >= 0.3 is 5.97 Å². The molecule has 1 aliphatic heterocycles. The van der Waals surface area contributed by atoms with Crippen LogP contribution in [0.25, 0.3) is 0 Å². The minimum Gasteiger partial charge on any atom is -0.494 e. The van der Waals surface area contributed by atoms with Crippen LogP contribution in [0.5, 0.6) is 5.75 Å². The average molecular weight is 356 g/mol. The molecule has 1 fully saturated rings. The second-order valence-electron chi connectivity index (χ2n) is 5.95. The number of aromatic carboxylic acids is 1. The monoisotopic (exact) mass is 356 g/mol. The maximum absolute atomic E-state index is 12.3. The Balaban J connectivity index is 1.34. The van der Waals surface area contributed by atoms with Crippen molar-refractivity contribution >= 4 is 11.9 Å². The van der Waals surface area contributed by atoms with Crippen LogP contribution in [-0.2, 0) is 4.74 Å². The predicted molar refractivity (Wildman–Crippen MR) is 93.4 cm³/mol. The highest BCUT2D eigenvalue weighted by Gasteiger charge is 2.32. The van der Waals surface area contributed by atoms with Crippen LogP contribution in [0.1, 0.15) is 27.3 Å². The fraction of sp³-hybridized carbons (Fsp3) is 0.316. The number of benzene rings is 1. The van der Waals surface area contributed by atoms with Crippen molar-refractivity contribution in [2.75, 3.05) is 26.3 Å². The molecule has 2 heterocycles. The summed E-state index contributed by atoms with van der Waals surface area (Å²) in [7, 11) is 0. The third-order valence-corrected chi connectivity index (χ3v) is 4.02. The molecule has 0 aliphatic carbocycles. The first-order chi connectivity index (χ1) is 12.6. The van der Waals surface area contributed by atoms with Gasteiger partial charge in [-0.1, -0.05) is 18.2 Å². The van der Waals surface area contributed by atoms with E-state index in [2.05, 4.69) is 4.98 Å². The number of pyridine rings is 1. The molecule has 1 aromatic heterocycles. The lowest BCUT2D eigenvalue weighted by Gasteiger charge is -2.39. The number of nitrogens with zero attached hydrogens (tertiary/aromatic N) is 2. The molecule has 0 saturated carbocycles. The first-order valence-electron chi connectivity index (χ1n) is 8.41. The van der Waals surface area contributed by atoms with Crippen LogP contribution in [-0.4, -0.2) is 59.3 Å². The van der Waals surface area contributed by atoms with E-state index in [1.54, 1.807) is 4.90 Å². The number of hydrogen-bond donors (Lipinski definition) is 1. The number of carbonyl (C=O) groups excluding carboxylic acids is 1. The molecule has 0 atom stereocenters. The number of likely N-dealkylation sites (tertiary alicyclic amines) is 1. The van der Waals surface area contributed by atoms with E-state index in [9.17, 15) is 9.59 Å². The Kier molecular flexibility index (Phi) is 5.80. The van der Waals surface area contributed by atoms with Gasteiger partial charge in [0, 0.05) is 31.3 Å². The van der Waals surface area contributed by atoms with Crippen LogP contribution in [0.4, 0.5) is 0 Å². The van der Waals surface area contributed by atoms with Gasteiger partial charge < -0.3 is 19.5 Å². The number of amides is 1. The molecule has 136 valence electrons. The minimum atomic E-state index is -1.15. The van der Waals surface area contributed by atoms with Crippen molar-refractivity contribution in [3.63, 3.8) is 0 Å². The van der Waals surface area contributed by atoms with Crippen LogP contribution in [0.2, 0.25) is 0 Å². The summed E-state index contributed by atoms with van der Waals surface area (Å²) in [6.07, 6.45) is 2.11. The highest BCUT2D eigenvalue weighted by Crippen LogP contribution is 2.16. The summed E-state index contributed by atoms with van der Waals surface area (Å²) >= 11 is 0. The van der Waals surface area contributed by atoms with Crippen LogP contribution < -0.4 is 4.74 Å². The Bertz CT molecular complexity index is 760. The first kappa shape index (κ1) is 17.9. The van der Waals surface area contributed by atoms with E-state index >= 15 is 0 Å². The zero-order valence-electron chi connectivity index (χ0n) is 14.2. The average Bonchev–Trinajstić information content (AvgIpc) is 2.63. The second kappa shape index (κ2) is 8.44. The highest BCUT2D eigenvalue weighted by molar-refractivity contribution is 5.97. The number of aromatic nitrogens is 1. The minimum absolute atomic E-state index is 0.0106. The Labute approximate surface area is 151 Å². The number of carbonyl (C=O) groups is 2. The summed E-state index contributed by atoms with van der Waals surface area (Å²) in [5.41, 5.74) is 0.190. The van der Waals surface area contributed by atoms with Gasteiger partial charge in [-0.05, 0) is 24.3 Å². The van der Waals surface area contributed by atoms with Crippen molar-refractivity contribution in [2.24, 2.45) is 0 Å². The molecule has 1 aromatic carbocycles. The highest BCUT2D eigenvalue weighted by atomic mass is 16.5. The zero-order valence-corrected chi connectivity index (χ0v) is 14.2. The van der Waals surface area contributed by atoms with Crippen molar-refractivity contribution in [3.05, 3.63) is 59.9 Å². The lowest BCUT2D eigenvalue weighted by atomic mass is 10.1. The van der Waals surface area contributed by atoms with E-state index in [0.717, 1.165) is 12.2 Å². The van der Waals surface area contributed by atoms with Crippen LogP contribution in [0.3, 0.4) is 0 Å². The molecule has 0 spiro atoms. The molecular formula is C19H20N2O5. The summed E-state index contributed by atoms with van der Waals surface area (Å²) in [5.74, 6) is -0.518. The van der Waals surface area contributed by atoms with Crippen molar-refractivity contribution < 1.29 is 24.2 Å². The Morgan fingerprint density at radius 1 is 1.15 bits per heavy atom. The van der Waals surface area contributed by atoms with Gasteiger partial charge in [-0.3, -0.25) is 4.79 Å². The maximum atomic E-state index is 12.3. The second-order valence-corrected chi connectivity index (χ2v) is 5.95. The van der Waals surface area contributed by atoms with Gasteiger partial charge in [0.05, 0.1) is 19.3 Å². The predicted octanol–water partition coefficient (Wildman–Crippen LogP) is 2.09. The molecule has 1 saturated heterocycles. The normalized spacial score (nSPS) is 13.9. The van der Waals surface area contributed by atoms with E-state index in [1.807, 2.05) is 30.3 Å². The van der Waals surface area contributed by atoms with Gasteiger partial charge in [-0.15, -0.1) is 0 Å². The molecule has 7 nitrogen and oxygen atoms in total. The van der Waals surface area contributed by atoms with Crippen molar-refractivity contribution in [1.29, 1.82) is 0 Å². The molecule has 1 N–H and O–H groups in total. The molecule has 2 aromatic rings. The third kappa shape index (κ3) is 4.58. The summed E-state index contributed by atoms with van der Waals surface area (Å²) in [4.78, 5) is 28.6. The molecular weight excluding hydrogens is 336 g/mol. The number of carboxylic acids is 1. The van der Waals surface area contributed by atoms with Crippen molar-refractivity contribution in [3.8, 4) is 5.75 Å². The lowest BCUT2D eigenvalue weighted by Crippen LogP contribution is -2.54. The Hall–Kier alpha value is -2.93. The fourth-order valence-corrected chi connectivity index (χ4v) is 2.59. The fourth-order valence-electron chi connectivity index (χ4n) is 2.59. The van der Waals surface area contributed by atoms with Gasteiger partial charge in [0.25, 0.3) is 5.91 Å². The van der Waals surface area contributed by atoms with Gasteiger partial charge in [0.1, 0.15) is 11.4 Å². The molecule has 26 heavy (non-hydrogen) atoms. The summed E-state index contributed by atoms with van der Waals surface area (Å²) in [6.45, 7) is 2.15. The SMILES string of the molecule is O=C(O)c1cc(C(=O)N2CC(OCCCOc3ccccc3)C2)ccn1. The summed E-state index contributed by atoms with van der Waals surface area (Å²) in [5, 5.41) is 8.94. The largest absolute Gasteiger partial charge is 0.494 e. The van der Waals surface area contributed by atoms with Crippen molar-refractivity contribution in [2.45, 2.75) is 12.5 Å². The standard InChI is InChI=1S/C19H20N2O5/c22-18(14-7-8-20-17(11-14)19(23)24)21-12-16(13-21)26-10-4-9-25-15-5-2-1-3-6-15/h1-3,5-8,11,16H,4,9-10,12-13H2,(H,23,24). The molecule has 0 radical (unpaired) electrons. The van der Waals surface area contributed by atoms with E-state index in [-0.39, 0.29) is 17.7 Å². The zero-order chi connectivity index (χ0) is 18.4. The smallest absolute Gasteiger partial charge is 0.354 e. The van der Waals surface area contributed by atoms with Gasteiger partial charge in [-0.25, -0.2) is 9.78 Å². The van der Waals surface area contributed by atoms with Gasteiger partial charge in [0.2, 0.25) is 0 Å². The number of ether oxygens (including phenoxy) is 2. The summed E-state index contributed by atoms with van der Waals surface area (Å²) in [6, 6.07) is 12.4. The van der Waals surface area contributed by atoms with Crippen LogP contribution in [0.15, 0.2) is 48.7 Å². The number of hydrogen-bond acceptors (Lipinski definition) is 5. The Morgan fingerprint density at radius 3 is 2.65 bits per heavy atom. The maximum Gasteiger partial charge on any atom is 0.354 e. The van der Waals surface area contributed by atoms with Crippen molar-refractivity contribution in [1.82, 2.24) is 9.88 Å². The van der Waals surface area contributed by atoms with Crippen LogP contribution >= 0.6 is 0 Å². The number of para-hydroxylation sites is 1. The third-order valence-electron chi connectivity index (χ3n) is 4.02. The molecule has 3 rings (SSSR count). The van der Waals surface area contributed by atoms with Crippen LogP contribution in [0, 0.1) is 0 Å². The summed E-state index contributed by atoms with van der Waals surface area (Å²) < 4.78 is 11.3. The first-order valence-corrected chi connectivity index (χ1v) is 8.41. The molecule has 0 unspecified atom stereocenters. The topological polar surface area (TPSA) is 89.0 Å². The van der Waals surface area contributed by atoms with E-state index in [4.69, 9.17) is 14.6 Å². The van der Waals surface area contributed by atoms with E-state index in [0.29, 0.717) is 31.9 Å². The molecule has 1 amide bonds. The number of rotatable bonds is 8. The number of carboxylic acid groups (broad SMARTS) is 1. The van der Waals surface area contributed by atoms with E-state index in [1.165, 1.54) is 18.3 Å². The van der Waals surface area contributed by atoms with Gasteiger partial charge in [0.15, 0.2) is 0 Å². The lowest BCUT2D eigenvalue weighted by molar-refractivity contribution is -0.0449. The quantitative estimate of drug-likeness (QED) is 0.729. The van der Waals surface area contributed by atoms with Gasteiger partial charge in [-0.2, -0.15) is 0 Å². The molecule has 7 heteroatoms. The molecule has 0 bridgehead atoms. The Morgan fingerprint density at radius 2 is 1.92 bits per heavy atom.